The maximum absolute atomic E-state index is 13.8. The molecule has 0 N–H and O–H groups in total. The van der Waals surface area contributed by atoms with E-state index in [1.807, 2.05) is 27.3 Å². The van der Waals surface area contributed by atoms with E-state index in [1.54, 1.807) is 11.3 Å². The zero-order valence-electron chi connectivity index (χ0n) is 13.2. The van der Waals surface area contributed by atoms with E-state index in [1.165, 1.54) is 17.4 Å². The number of fused-ring (bicyclic) bond motifs is 1. The van der Waals surface area contributed by atoms with Crippen LogP contribution in [0.3, 0.4) is 0 Å². The van der Waals surface area contributed by atoms with Gasteiger partial charge in [-0.05, 0) is 17.5 Å². The Morgan fingerprint density at radius 3 is 2.72 bits per heavy atom. The van der Waals surface area contributed by atoms with Crippen molar-refractivity contribution in [2.45, 2.75) is 6.42 Å². The molecule has 1 amide bonds. The second-order valence-corrected chi connectivity index (χ2v) is 7.90. The number of carbonyl (C=O) groups is 1. The van der Waals surface area contributed by atoms with E-state index < -0.39 is 11.6 Å². The van der Waals surface area contributed by atoms with E-state index in [-0.39, 0.29) is 11.4 Å². The summed E-state index contributed by atoms with van der Waals surface area (Å²) in [6, 6.07) is 6.07. The minimum absolute atomic E-state index is 0.125. The van der Waals surface area contributed by atoms with E-state index in [4.69, 9.17) is 0 Å². The van der Waals surface area contributed by atoms with Gasteiger partial charge < -0.3 is 9.80 Å². The van der Waals surface area contributed by atoms with Crippen LogP contribution in [0.15, 0.2) is 29.6 Å². The summed E-state index contributed by atoms with van der Waals surface area (Å²) in [5, 5.41) is 2.64. The zero-order valence-corrected chi connectivity index (χ0v) is 14.9. The summed E-state index contributed by atoms with van der Waals surface area (Å²) in [5.41, 5.74) is 0.206. The molecule has 0 radical (unpaired) electrons. The second-order valence-electron chi connectivity index (χ2n) is 5.85. The van der Waals surface area contributed by atoms with Gasteiger partial charge in [-0.25, -0.2) is 13.8 Å². The standard InChI is InChI=1S/C17H15F2N3OS2/c18-11-8-13(19)16-14(9-11)25-17(20-16)22-5-3-21(4-6-22)15(23)10-12-2-1-7-24-12/h1-2,7-9H,3-6,10H2. The fraction of sp³-hybridized carbons (Fsp3) is 0.294. The van der Waals surface area contributed by atoms with Gasteiger partial charge in [-0.2, -0.15) is 0 Å². The molecule has 1 aliphatic rings. The lowest BCUT2D eigenvalue weighted by molar-refractivity contribution is -0.130. The number of carbonyl (C=O) groups excluding carboxylic acids is 1. The first-order valence-electron chi connectivity index (χ1n) is 7.91. The molecule has 1 aromatic carbocycles. The third kappa shape index (κ3) is 3.36. The number of thiophene rings is 1. The molecule has 0 spiro atoms. The van der Waals surface area contributed by atoms with Crippen LogP contribution in [0.25, 0.3) is 10.2 Å². The number of nitrogens with zero attached hydrogens (tertiary/aromatic N) is 3. The molecule has 8 heteroatoms. The lowest BCUT2D eigenvalue weighted by Gasteiger charge is -2.34. The van der Waals surface area contributed by atoms with E-state index in [0.717, 1.165) is 10.9 Å². The fourth-order valence-corrected chi connectivity index (χ4v) is 4.65. The van der Waals surface area contributed by atoms with E-state index in [2.05, 4.69) is 4.98 Å². The van der Waals surface area contributed by atoms with Gasteiger partial charge >= 0.3 is 0 Å². The van der Waals surface area contributed by atoms with E-state index in [0.29, 0.717) is 42.4 Å². The summed E-state index contributed by atoms with van der Waals surface area (Å²) in [5.74, 6) is -1.11. The quantitative estimate of drug-likeness (QED) is 0.699. The van der Waals surface area contributed by atoms with Crippen LogP contribution in [0.2, 0.25) is 0 Å². The Labute approximate surface area is 151 Å². The number of benzene rings is 1. The third-order valence-corrected chi connectivity index (χ3v) is 6.15. The largest absolute Gasteiger partial charge is 0.345 e. The van der Waals surface area contributed by atoms with Crippen LogP contribution in [-0.4, -0.2) is 42.0 Å². The Morgan fingerprint density at radius 2 is 2.00 bits per heavy atom. The molecular weight excluding hydrogens is 364 g/mol. The van der Waals surface area contributed by atoms with E-state index in [9.17, 15) is 13.6 Å². The third-order valence-electron chi connectivity index (χ3n) is 4.21. The van der Waals surface area contributed by atoms with Gasteiger partial charge in [0.25, 0.3) is 0 Å². The molecule has 4 rings (SSSR count). The van der Waals surface area contributed by atoms with Crippen LogP contribution in [0.4, 0.5) is 13.9 Å². The van der Waals surface area contributed by atoms with Crippen molar-refractivity contribution in [2.75, 3.05) is 31.1 Å². The van der Waals surface area contributed by atoms with Crippen molar-refractivity contribution in [3.8, 4) is 0 Å². The number of amides is 1. The van der Waals surface area contributed by atoms with Gasteiger partial charge in [0.05, 0.1) is 11.1 Å². The number of anilines is 1. The monoisotopic (exact) mass is 379 g/mol. The second kappa shape index (κ2) is 6.68. The molecule has 2 aromatic heterocycles. The highest BCUT2D eigenvalue weighted by Crippen LogP contribution is 2.31. The first-order chi connectivity index (χ1) is 12.1. The lowest BCUT2D eigenvalue weighted by atomic mass is 10.2. The minimum atomic E-state index is -0.637. The minimum Gasteiger partial charge on any atom is -0.345 e. The Bertz CT molecular complexity index is 902. The van der Waals surface area contributed by atoms with Crippen LogP contribution in [0.5, 0.6) is 0 Å². The average Bonchev–Trinajstić information content (AvgIpc) is 3.24. The molecule has 3 aromatic rings. The summed E-state index contributed by atoms with van der Waals surface area (Å²) >= 11 is 2.86. The Balaban J connectivity index is 1.43. The van der Waals surface area contributed by atoms with Gasteiger partial charge in [0.1, 0.15) is 11.3 Å². The Kier molecular flexibility index (Phi) is 4.39. The molecular formula is C17H15F2N3OS2. The predicted molar refractivity (Wildman–Crippen MR) is 96.4 cm³/mol. The van der Waals surface area contributed by atoms with Crippen LogP contribution in [0, 0.1) is 11.6 Å². The fourth-order valence-electron chi connectivity index (χ4n) is 2.90. The van der Waals surface area contributed by atoms with Crippen molar-refractivity contribution in [1.29, 1.82) is 0 Å². The highest BCUT2D eigenvalue weighted by Gasteiger charge is 2.24. The molecule has 1 aliphatic heterocycles. The Hall–Kier alpha value is -2.06. The Morgan fingerprint density at radius 1 is 1.20 bits per heavy atom. The van der Waals surface area contributed by atoms with Gasteiger partial charge in [-0.3, -0.25) is 4.79 Å². The number of aromatic nitrogens is 1. The molecule has 130 valence electrons. The molecule has 0 saturated carbocycles. The summed E-state index contributed by atoms with van der Waals surface area (Å²) in [7, 11) is 0. The van der Waals surface area contributed by atoms with Crippen molar-refractivity contribution in [3.63, 3.8) is 0 Å². The smallest absolute Gasteiger partial charge is 0.227 e. The number of rotatable bonds is 3. The van der Waals surface area contributed by atoms with Crippen molar-refractivity contribution < 1.29 is 13.6 Å². The number of hydrogen-bond acceptors (Lipinski definition) is 5. The molecule has 0 unspecified atom stereocenters. The number of hydrogen-bond donors (Lipinski definition) is 0. The topological polar surface area (TPSA) is 36.4 Å². The van der Waals surface area contributed by atoms with Crippen LogP contribution in [-0.2, 0) is 11.2 Å². The predicted octanol–water partition coefficient (Wildman–Crippen LogP) is 3.53. The first kappa shape index (κ1) is 16.4. The van der Waals surface area contributed by atoms with Crippen LogP contribution in [0.1, 0.15) is 4.88 Å². The summed E-state index contributed by atoms with van der Waals surface area (Å²) in [4.78, 5) is 21.6. The lowest BCUT2D eigenvalue weighted by Crippen LogP contribution is -2.49. The van der Waals surface area contributed by atoms with Gasteiger partial charge in [-0.15, -0.1) is 11.3 Å². The number of piperazine rings is 1. The first-order valence-corrected chi connectivity index (χ1v) is 9.60. The SMILES string of the molecule is O=C(Cc1cccs1)N1CCN(c2nc3c(F)cc(F)cc3s2)CC1. The molecule has 0 aliphatic carbocycles. The van der Waals surface area contributed by atoms with Gasteiger partial charge in [-0.1, -0.05) is 17.4 Å². The number of halogens is 2. The molecule has 4 nitrogen and oxygen atoms in total. The van der Waals surface area contributed by atoms with E-state index >= 15 is 0 Å². The highest BCUT2D eigenvalue weighted by molar-refractivity contribution is 7.22. The number of thiazole rings is 1. The normalized spacial score (nSPS) is 15.1. The summed E-state index contributed by atoms with van der Waals surface area (Å²) < 4.78 is 27.6. The molecule has 3 heterocycles. The van der Waals surface area contributed by atoms with Crippen molar-refractivity contribution in [2.24, 2.45) is 0 Å². The van der Waals surface area contributed by atoms with Crippen LogP contribution >= 0.6 is 22.7 Å². The van der Waals surface area contributed by atoms with Gasteiger partial charge in [0.2, 0.25) is 5.91 Å². The average molecular weight is 379 g/mol. The molecule has 1 saturated heterocycles. The maximum atomic E-state index is 13.8. The van der Waals surface area contributed by atoms with Crippen molar-refractivity contribution >= 4 is 43.9 Å². The van der Waals surface area contributed by atoms with Crippen molar-refractivity contribution in [3.05, 3.63) is 46.2 Å². The molecule has 1 fully saturated rings. The molecule has 0 atom stereocenters. The zero-order chi connectivity index (χ0) is 17.4. The van der Waals surface area contributed by atoms with Gasteiger partial charge in [0.15, 0.2) is 10.9 Å². The van der Waals surface area contributed by atoms with Crippen LogP contribution < -0.4 is 4.90 Å². The molecule has 0 bridgehead atoms. The summed E-state index contributed by atoms with van der Waals surface area (Å²) in [6.07, 6.45) is 0.434. The highest BCUT2D eigenvalue weighted by atomic mass is 32.1. The molecule has 25 heavy (non-hydrogen) atoms. The van der Waals surface area contributed by atoms with Crippen molar-refractivity contribution in [1.82, 2.24) is 9.88 Å². The van der Waals surface area contributed by atoms with Gasteiger partial charge in [0, 0.05) is 37.1 Å². The summed E-state index contributed by atoms with van der Waals surface area (Å²) in [6.45, 7) is 2.49. The maximum Gasteiger partial charge on any atom is 0.227 e.